The fraction of sp³-hybridized carbons (Fsp3) is 0.562. The summed E-state index contributed by atoms with van der Waals surface area (Å²) < 4.78 is 5.16. The highest BCUT2D eigenvalue weighted by Crippen LogP contribution is 2.16. The van der Waals surface area contributed by atoms with Crippen LogP contribution in [-0.4, -0.2) is 49.6 Å². The Morgan fingerprint density at radius 2 is 2.19 bits per heavy atom. The van der Waals surface area contributed by atoms with Gasteiger partial charge < -0.3 is 15.8 Å². The van der Waals surface area contributed by atoms with Gasteiger partial charge in [-0.2, -0.15) is 0 Å². The zero-order chi connectivity index (χ0) is 15.2. The number of ether oxygens (including phenoxy) is 1. The van der Waals surface area contributed by atoms with E-state index in [1.54, 1.807) is 7.11 Å². The van der Waals surface area contributed by atoms with Crippen LogP contribution in [0.1, 0.15) is 18.9 Å². The lowest BCUT2D eigenvalue weighted by molar-refractivity contribution is -0.124. The molecular formula is C16H25N3O2. The Bertz CT molecular complexity index is 461. The molecule has 1 aromatic rings. The van der Waals surface area contributed by atoms with Crippen molar-refractivity contribution in [2.24, 2.45) is 5.73 Å². The van der Waals surface area contributed by atoms with Crippen LogP contribution >= 0.6 is 0 Å². The molecule has 1 saturated heterocycles. The van der Waals surface area contributed by atoms with Crippen molar-refractivity contribution in [3.05, 3.63) is 29.8 Å². The summed E-state index contributed by atoms with van der Waals surface area (Å²) in [5.41, 5.74) is 6.79. The molecule has 1 amide bonds. The number of benzene rings is 1. The molecule has 1 fully saturated rings. The normalized spacial score (nSPS) is 21.0. The lowest BCUT2D eigenvalue weighted by Gasteiger charge is -2.38. The molecule has 1 aromatic carbocycles. The van der Waals surface area contributed by atoms with Gasteiger partial charge in [-0.3, -0.25) is 9.69 Å². The quantitative estimate of drug-likeness (QED) is 0.812. The van der Waals surface area contributed by atoms with Gasteiger partial charge in [0.15, 0.2) is 0 Å². The molecule has 2 atom stereocenters. The lowest BCUT2D eigenvalue weighted by Crippen LogP contribution is -2.59. The van der Waals surface area contributed by atoms with E-state index in [1.165, 1.54) is 5.56 Å². The Balaban J connectivity index is 1.90. The number of rotatable bonds is 6. The minimum Gasteiger partial charge on any atom is -0.497 e. The Hall–Kier alpha value is -1.59. The molecular weight excluding hydrogens is 266 g/mol. The third-order valence-electron chi connectivity index (χ3n) is 4.19. The number of carbonyl (C=O) groups is 1. The highest BCUT2D eigenvalue weighted by Gasteiger charge is 2.29. The second-order valence-electron chi connectivity index (χ2n) is 5.60. The molecule has 3 N–H and O–H groups in total. The van der Waals surface area contributed by atoms with E-state index in [0.717, 1.165) is 31.7 Å². The van der Waals surface area contributed by atoms with Gasteiger partial charge in [-0.1, -0.05) is 12.1 Å². The molecule has 0 aliphatic carbocycles. The first kappa shape index (κ1) is 15.8. The van der Waals surface area contributed by atoms with Crippen LogP contribution in [0.15, 0.2) is 24.3 Å². The van der Waals surface area contributed by atoms with Gasteiger partial charge in [-0.25, -0.2) is 0 Å². The summed E-state index contributed by atoms with van der Waals surface area (Å²) in [6.07, 6.45) is 2.00. The van der Waals surface area contributed by atoms with Gasteiger partial charge in [0, 0.05) is 25.7 Å². The highest BCUT2D eigenvalue weighted by molar-refractivity contribution is 5.80. The predicted octanol–water partition coefficient (Wildman–Crippen LogP) is 0.775. The molecule has 21 heavy (non-hydrogen) atoms. The number of nitrogens with two attached hydrogens (primary N) is 1. The van der Waals surface area contributed by atoms with E-state index < -0.39 is 0 Å². The van der Waals surface area contributed by atoms with Gasteiger partial charge in [-0.05, 0) is 37.5 Å². The second kappa shape index (κ2) is 7.43. The molecule has 116 valence electrons. The number of piperazine rings is 1. The maximum absolute atomic E-state index is 11.5. The molecule has 2 rings (SSSR count). The smallest absolute Gasteiger partial charge is 0.236 e. The number of hydrogen-bond donors (Lipinski definition) is 2. The Morgan fingerprint density at radius 3 is 2.81 bits per heavy atom. The molecule has 1 aliphatic heterocycles. The van der Waals surface area contributed by atoms with Crippen LogP contribution in [0.5, 0.6) is 5.75 Å². The van der Waals surface area contributed by atoms with E-state index in [0.29, 0.717) is 12.6 Å². The Kier molecular flexibility index (Phi) is 5.59. The monoisotopic (exact) mass is 291 g/mol. The lowest BCUT2D eigenvalue weighted by atomic mass is 10.0. The number of aryl methyl sites for hydroxylation is 1. The summed E-state index contributed by atoms with van der Waals surface area (Å²) in [4.78, 5) is 13.8. The van der Waals surface area contributed by atoms with Gasteiger partial charge >= 0.3 is 0 Å². The number of primary amides is 1. The summed E-state index contributed by atoms with van der Waals surface area (Å²) in [5.74, 6) is 0.640. The molecule has 0 radical (unpaired) electrons. The van der Waals surface area contributed by atoms with Crippen LogP contribution in [0.25, 0.3) is 0 Å². The van der Waals surface area contributed by atoms with Crippen LogP contribution in [0, 0.1) is 0 Å². The highest BCUT2D eigenvalue weighted by atomic mass is 16.5. The number of nitrogens with zero attached hydrogens (tertiary/aromatic N) is 1. The molecule has 0 aromatic heterocycles. The summed E-state index contributed by atoms with van der Waals surface area (Å²) in [5, 5.41) is 3.23. The maximum Gasteiger partial charge on any atom is 0.236 e. The number of methoxy groups -OCH3 is 1. The Labute approximate surface area is 126 Å². The average molecular weight is 291 g/mol. The summed E-state index contributed by atoms with van der Waals surface area (Å²) >= 11 is 0. The van der Waals surface area contributed by atoms with Gasteiger partial charge in [-0.15, -0.1) is 0 Å². The molecule has 1 heterocycles. The zero-order valence-corrected chi connectivity index (χ0v) is 12.8. The molecule has 5 heteroatoms. The molecule has 2 unspecified atom stereocenters. The van der Waals surface area contributed by atoms with Crippen molar-refractivity contribution < 1.29 is 9.53 Å². The van der Waals surface area contributed by atoms with E-state index >= 15 is 0 Å². The van der Waals surface area contributed by atoms with Crippen LogP contribution in [0.3, 0.4) is 0 Å². The fourth-order valence-electron chi connectivity index (χ4n) is 2.85. The maximum atomic E-state index is 11.5. The standard InChI is InChI=1S/C16H25N3O2/c1-12(19-10-9-18-11-15(19)16(17)20)3-4-13-5-7-14(21-2)8-6-13/h5-8,12,15,18H,3-4,9-11H2,1-2H3,(H2,17,20). The van der Waals surface area contributed by atoms with Crippen molar-refractivity contribution in [1.29, 1.82) is 0 Å². The summed E-state index contributed by atoms with van der Waals surface area (Å²) in [6.45, 7) is 4.61. The topological polar surface area (TPSA) is 67.6 Å². The molecule has 0 spiro atoms. The third-order valence-corrected chi connectivity index (χ3v) is 4.19. The summed E-state index contributed by atoms with van der Waals surface area (Å²) in [7, 11) is 1.67. The van der Waals surface area contributed by atoms with Crippen molar-refractivity contribution in [3.63, 3.8) is 0 Å². The average Bonchev–Trinajstić information content (AvgIpc) is 2.53. The molecule has 5 nitrogen and oxygen atoms in total. The minimum absolute atomic E-state index is 0.190. The van der Waals surface area contributed by atoms with E-state index in [1.807, 2.05) is 12.1 Å². The first-order chi connectivity index (χ1) is 10.1. The van der Waals surface area contributed by atoms with Crippen molar-refractivity contribution in [3.8, 4) is 5.75 Å². The zero-order valence-electron chi connectivity index (χ0n) is 12.8. The van der Waals surface area contributed by atoms with Crippen LogP contribution in [0.4, 0.5) is 0 Å². The van der Waals surface area contributed by atoms with Gasteiger partial charge in [0.25, 0.3) is 0 Å². The van der Waals surface area contributed by atoms with Gasteiger partial charge in [0.1, 0.15) is 11.8 Å². The van der Waals surface area contributed by atoms with Crippen molar-refractivity contribution in [2.75, 3.05) is 26.7 Å². The minimum atomic E-state index is -0.238. The summed E-state index contributed by atoms with van der Waals surface area (Å²) in [6, 6.07) is 8.30. The Morgan fingerprint density at radius 1 is 1.48 bits per heavy atom. The predicted molar refractivity (Wildman–Crippen MR) is 83.3 cm³/mol. The molecule has 0 saturated carbocycles. The number of carbonyl (C=O) groups excluding carboxylic acids is 1. The van der Waals surface area contributed by atoms with Crippen molar-refractivity contribution >= 4 is 5.91 Å². The third kappa shape index (κ3) is 4.19. The van der Waals surface area contributed by atoms with Gasteiger partial charge in [0.2, 0.25) is 5.91 Å². The first-order valence-electron chi connectivity index (χ1n) is 7.50. The van der Waals surface area contributed by atoms with E-state index in [2.05, 4.69) is 29.3 Å². The van der Waals surface area contributed by atoms with Crippen LogP contribution in [0.2, 0.25) is 0 Å². The van der Waals surface area contributed by atoms with E-state index in [4.69, 9.17) is 10.5 Å². The fourth-order valence-corrected chi connectivity index (χ4v) is 2.85. The molecule has 1 aliphatic rings. The van der Waals surface area contributed by atoms with Crippen LogP contribution < -0.4 is 15.8 Å². The largest absolute Gasteiger partial charge is 0.497 e. The SMILES string of the molecule is COc1ccc(CCC(C)N2CCNCC2C(N)=O)cc1. The van der Waals surface area contributed by atoms with E-state index in [9.17, 15) is 4.79 Å². The number of nitrogens with one attached hydrogen (secondary N) is 1. The molecule has 0 bridgehead atoms. The van der Waals surface area contributed by atoms with Crippen LogP contribution in [-0.2, 0) is 11.2 Å². The second-order valence-corrected chi connectivity index (χ2v) is 5.60. The number of amides is 1. The number of hydrogen-bond acceptors (Lipinski definition) is 4. The van der Waals surface area contributed by atoms with Crippen molar-refractivity contribution in [1.82, 2.24) is 10.2 Å². The van der Waals surface area contributed by atoms with Gasteiger partial charge in [0.05, 0.1) is 7.11 Å². The van der Waals surface area contributed by atoms with E-state index in [-0.39, 0.29) is 11.9 Å². The van der Waals surface area contributed by atoms with Crippen molar-refractivity contribution in [2.45, 2.75) is 31.8 Å². The first-order valence-corrected chi connectivity index (χ1v) is 7.50.